The van der Waals surface area contributed by atoms with Crippen LogP contribution in [0.15, 0.2) is 0 Å². The van der Waals surface area contributed by atoms with Crippen LogP contribution in [-0.2, 0) is 27.3 Å². The van der Waals surface area contributed by atoms with Crippen LogP contribution in [0.5, 0.6) is 0 Å². The van der Waals surface area contributed by atoms with Gasteiger partial charge in [0.05, 0.1) is 0 Å². The monoisotopic (exact) mass is 528 g/mol. The van der Waals surface area contributed by atoms with Crippen molar-refractivity contribution in [2.24, 2.45) is 0 Å². The predicted molar refractivity (Wildman–Crippen MR) is 68.9 cm³/mol. The van der Waals surface area contributed by atoms with E-state index in [1.165, 1.54) is 0 Å². The molecule has 14 nitrogen and oxygen atoms in total. The molecule has 0 aromatic carbocycles. The van der Waals surface area contributed by atoms with Gasteiger partial charge in [-0.05, 0) is 0 Å². The molecule has 0 aliphatic carbocycles. The van der Waals surface area contributed by atoms with E-state index in [-0.39, 0.29) is 65.1 Å². The maximum Gasteiger partial charge on any atom is 2.00 e. The summed E-state index contributed by atoms with van der Waals surface area (Å²) in [4.78, 5) is 0. The average molecular weight is 528 g/mol. The van der Waals surface area contributed by atoms with Gasteiger partial charge in [-0.25, -0.2) is 37.3 Å². The van der Waals surface area contributed by atoms with Crippen LogP contribution < -0.4 is 37.3 Å². The number of hydrogen-bond donors (Lipinski definition) is 0. The summed E-state index contributed by atoms with van der Waals surface area (Å²) in [5.41, 5.74) is 39.3. The van der Waals surface area contributed by atoms with E-state index >= 15 is 0 Å². The Morgan fingerprint density at radius 3 is 0.577 bits per heavy atom. The van der Waals surface area contributed by atoms with Gasteiger partial charge in [-0.1, -0.05) is 20.8 Å². The SMILES string of the molecule is CC([NH-])C[NH-].CC([NH-])C[NH-].CC([NH-])C[NH-].[Cd+2].[O-][Cl+3]([O-])([O-])[O-].[O-][Cl+3]([O-])([O-])[O-]. The number of rotatable bonds is 3. The molecule has 0 aromatic heterocycles. The summed E-state index contributed by atoms with van der Waals surface area (Å²) in [7, 11) is -9.89. The van der Waals surface area contributed by atoms with Gasteiger partial charge >= 0.3 is 27.3 Å². The van der Waals surface area contributed by atoms with Gasteiger partial charge < -0.3 is 34.4 Å². The van der Waals surface area contributed by atoms with Gasteiger partial charge in [0.15, 0.2) is 0 Å². The van der Waals surface area contributed by atoms with E-state index in [1.54, 1.807) is 20.8 Å². The maximum atomic E-state index is 8.49. The Morgan fingerprint density at radius 2 is 0.577 bits per heavy atom. The number of hydrogen-bond acceptors (Lipinski definition) is 8. The van der Waals surface area contributed by atoms with E-state index in [2.05, 4.69) is 0 Å². The molecule has 0 heterocycles. The van der Waals surface area contributed by atoms with Crippen molar-refractivity contribution in [2.75, 3.05) is 19.6 Å². The van der Waals surface area contributed by atoms with Crippen LogP contribution in [-0.4, -0.2) is 37.8 Å². The van der Waals surface area contributed by atoms with E-state index < -0.39 is 20.5 Å². The van der Waals surface area contributed by atoms with Crippen molar-refractivity contribution in [3.05, 3.63) is 34.4 Å². The van der Waals surface area contributed by atoms with Crippen LogP contribution in [0.4, 0.5) is 0 Å². The summed E-state index contributed by atoms with van der Waals surface area (Å²) >= 11 is 0. The largest absolute Gasteiger partial charge is 2.00 e. The minimum Gasteiger partial charge on any atom is -0.679 e. The van der Waals surface area contributed by atoms with Crippen molar-refractivity contribution in [3.63, 3.8) is 0 Å². The fourth-order valence-electron chi connectivity index (χ4n) is 0. The standard InChI is InChI=1S/3C3H8N2.Cd.2ClHO4/c3*1-3(5)2-4;;2*2-1(3,4)5/h3*3-5H,2H2,1H3;;2*(H,2,3,4,5)/q3*-2;+2;;/p-2. The summed E-state index contributed by atoms with van der Waals surface area (Å²) in [6.07, 6.45) is 0. The van der Waals surface area contributed by atoms with Gasteiger partial charge in [-0.3, -0.25) is 0 Å². The molecule has 0 radical (unpaired) electrons. The number of halogens is 2. The third-order valence-electron chi connectivity index (χ3n) is 0.919. The first-order valence-electron chi connectivity index (χ1n) is 6.12. The second kappa shape index (κ2) is 25.9. The molecule has 0 rings (SSSR count). The molecule has 0 spiro atoms. The minimum atomic E-state index is -4.94. The zero-order chi connectivity index (χ0) is 21.9. The van der Waals surface area contributed by atoms with Crippen LogP contribution in [0.3, 0.4) is 0 Å². The van der Waals surface area contributed by atoms with Crippen LogP contribution in [0, 0.1) is 20.5 Å². The molecule has 0 aliphatic rings. The fourth-order valence-corrected chi connectivity index (χ4v) is 0. The molecule has 0 aliphatic heterocycles. The van der Waals surface area contributed by atoms with E-state index in [1.807, 2.05) is 0 Å². The van der Waals surface area contributed by atoms with Crippen molar-refractivity contribution >= 4 is 0 Å². The molecular formula is C9H24CdCl2N6O8-6. The molecule has 17 heteroatoms. The fraction of sp³-hybridized carbons (Fsp3) is 1.00. The van der Waals surface area contributed by atoms with Gasteiger partial charge in [0, 0.05) is 0 Å². The Morgan fingerprint density at radius 1 is 0.538 bits per heavy atom. The Hall–Kier alpha value is 0.942. The van der Waals surface area contributed by atoms with Crippen molar-refractivity contribution in [2.45, 2.75) is 38.9 Å². The first-order chi connectivity index (χ1) is 10.8. The molecule has 0 saturated carbocycles. The predicted octanol–water partition coefficient (Wildman–Crippen LogP) is -5.08. The van der Waals surface area contributed by atoms with Crippen molar-refractivity contribution in [1.82, 2.24) is 0 Å². The normalized spacial score (nSPS) is 13.3. The summed E-state index contributed by atoms with van der Waals surface area (Å²) < 4.78 is 67.9. The average Bonchev–Trinajstić information content (AvgIpc) is 2.36. The Bertz CT molecular complexity index is 204. The molecule has 160 valence electrons. The molecule has 0 bridgehead atoms. The van der Waals surface area contributed by atoms with Crippen LogP contribution in [0.1, 0.15) is 20.8 Å². The van der Waals surface area contributed by atoms with E-state index in [0.29, 0.717) is 0 Å². The molecule has 6 N–H and O–H groups in total. The Balaban J connectivity index is -0.0000000476. The molecule has 0 fully saturated rings. The summed E-state index contributed by atoms with van der Waals surface area (Å²) in [6.45, 7) is 5.77. The topological polar surface area (TPSA) is 327 Å². The smallest absolute Gasteiger partial charge is 0.679 e. The Labute approximate surface area is 177 Å². The maximum absolute atomic E-state index is 8.49. The molecule has 0 aromatic rings. The third-order valence-corrected chi connectivity index (χ3v) is 0.919. The minimum absolute atomic E-state index is 0. The van der Waals surface area contributed by atoms with Gasteiger partial charge in [-0.2, -0.15) is 37.8 Å². The van der Waals surface area contributed by atoms with E-state index in [4.69, 9.17) is 71.7 Å². The quantitative estimate of drug-likeness (QED) is 0.318. The molecule has 0 amide bonds. The van der Waals surface area contributed by atoms with Crippen molar-refractivity contribution in [1.29, 1.82) is 0 Å². The van der Waals surface area contributed by atoms with Crippen molar-refractivity contribution < 1.29 is 85.1 Å². The Kier molecular flexibility index (Phi) is 41.3. The second-order valence-electron chi connectivity index (χ2n) is 4.07. The van der Waals surface area contributed by atoms with Gasteiger partial charge in [0.25, 0.3) is 0 Å². The van der Waals surface area contributed by atoms with E-state index in [0.717, 1.165) is 0 Å². The van der Waals surface area contributed by atoms with E-state index in [9.17, 15) is 0 Å². The van der Waals surface area contributed by atoms with Gasteiger partial charge in [0.2, 0.25) is 0 Å². The van der Waals surface area contributed by atoms with Gasteiger partial charge in [-0.15, -0.1) is 20.5 Å². The zero-order valence-corrected chi connectivity index (χ0v) is 20.1. The van der Waals surface area contributed by atoms with Crippen LogP contribution in [0.25, 0.3) is 34.4 Å². The molecule has 26 heavy (non-hydrogen) atoms. The summed E-state index contributed by atoms with van der Waals surface area (Å²) in [6, 6.07) is -0.597. The number of nitrogens with one attached hydrogen (secondary N) is 6. The molecule has 0 saturated heterocycles. The molecule has 3 atom stereocenters. The van der Waals surface area contributed by atoms with Crippen molar-refractivity contribution in [3.8, 4) is 0 Å². The van der Waals surface area contributed by atoms with Crippen LogP contribution in [0.2, 0.25) is 0 Å². The summed E-state index contributed by atoms with van der Waals surface area (Å²) in [5.74, 6) is 0. The van der Waals surface area contributed by atoms with Gasteiger partial charge in [0.1, 0.15) is 0 Å². The first kappa shape index (κ1) is 41.3. The van der Waals surface area contributed by atoms with Crippen LogP contribution >= 0.6 is 0 Å². The first-order valence-corrected chi connectivity index (χ1v) is 8.59. The third kappa shape index (κ3) is 297. The zero-order valence-electron chi connectivity index (χ0n) is 14.6. The molecular weight excluding hydrogens is 503 g/mol. The second-order valence-corrected chi connectivity index (χ2v) is 5.58. The molecule has 3 unspecified atom stereocenters. The summed E-state index contributed by atoms with van der Waals surface area (Å²) in [5, 5.41) is 0.